The maximum absolute atomic E-state index is 10.9. The van der Waals surface area contributed by atoms with Crippen LogP contribution in [0.15, 0.2) is 30.9 Å². The van der Waals surface area contributed by atoms with E-state index in [0.29, 0.717) is 12.5 Å². The second-order valence-corrected chi connectivity index (χ2v) is 7.02. The molecule has 1 aromatic rings. The number of aromatic nitrogens is 2. The van der Waals surface area contributed by atoms with E-state index < -0.39 is 0 Å². The monoisotopic (exact) mass is 363 g/mol. The van der Waals surface area contributed by atoms with E-state index in [1.54, 1.807) is 0 Å². The van der Waals surface area contributed by atoms with E-state index in [-0.39, 0.29) is 5.97 Å². The van der Waals surface area contributed by atoms with Gasteiger partial charge >= 0.3 is 5.97 Å². The number of imidazole rings is 1. The highest BCUT2D eigenvalue weighted by Crippen LogP contribution is 2.20. The Morgan fingerprint density at radius 1 is 1.12 bits per heavy atom. The van der Waals surface area contributed by atoms with Crippen LogP contribution < -0.4 is 5.90 Å². The zero-order valence-electron chi connectivity index (χ0n) is 16.4. The zero-order chi connectivity index (χ0) is 18.9. The molecule has 0 saturated heterocycles. The van der Waals surface area contributed by atoms with Gasteiger partial charge in [-0.25, -0.2) is 4.98 Å². The van der Waals surface area contributed by atoms with Crippen LogP contribution in [0.3, 0.4) is 0 Å². The van der Waals surface area contributed by atoms with Crippen molar-refractivity contribution in [1.82, 2.24) is 9.55 Å². The Balaban J connectivity index is 2.11. The fourth-order valence-corrected chi connectivity index (χ4v) is 3.17. The molecule has 5 heteroatoms. The number of hydrogen-bond acceptors (Lipinski definition) is 4. The van der Waals surface area contributed by atoms with Gasteiger partial charge in [-0.2, -0.15) is 5.90 Å². The molecule has 0 bridgehead atoms. The molecule has 5 nitrogen and oxygen atoms in total. The summed E-state index contributed by atoms with van der Waals surface area (Å²) < 4.78 is 2.25. The number of carbonyl (C=O) groups is 1. The van der Waals surface area contributed by atoms with Gasteiger partial charge in [-0.1, -0.05) is 64.0 Å². The third-order valence-electron chi connectivity index (χ3n) is 4.80. The van der Waals surface area contributed by atoms with Gasteiger partial charge in [0.2, 0.25) is 0 Å². The Kier molecular flexibility index (Phi) is 13.5. The molecule has 1 atom stereocenters. The summed E-state index contributed by atoms with van der Waals surface area (Å²) in [4.78, 5) is 19.2. The quantitative estimate of drug-likeness (QED) is 0.239. The molecule has 0 radical (unpaired) electrons. The van der Waals surface area contributed by atoms with Crippen molar-refractivity contribution < 1.29 is 9.63 Å². The van der Waals surface area contributed by atoms with Crippen LogP contribution >= 0.6 is 0 Å². The van der Waals surface area contributed by atoms with Gasteiger partial charge in [0.05, 0.1) is 6.33 Å². The molecule has 0 fully saturated rings. The first kappa shape index (κ1) is 22.4. The molecule has 0 aliphatic rings. The molecule has 0 spiro atoms. The number of unbranched alkanes of at least 4 members (excludes halogenated alkanes) is 8. The molecule has 148 valence electrons. The van der Waals surface area contributed by atoms with Crippen LogP contribution in [0.5, 0.6) is 0 Å². The van der Waals surface area contributed by atoms with Gasteiger partial charge in [0.15, 0.2) is 0 Å². The predicted octanol–water partition coefficient (Wildman–Crippen LogP) is 5.49. The van der Waals surface area contributed by atoms with Crippen LogP contribution in [0, 0.1) is 0 Å². The number of nitrogens with two attached hydrogens (primary N) is 1. The topological polar surface area (TPSA) is 70.1 Å². The fraction of sp³-hybridized carbons (Fsp3) is 0.714. The molecular formula is C21H37N3O2. The number of allylic oxidation sites excluding steroid dienone is 2. The third kappa shape index (κ3) is 11.1. The summed E-state index contributed by atoms with van der Waals surface area (Å²) in [6, 6.07) is 0.535. The number of rotatable bonds is 16. The highest BCUT2D eigenvalue weighted by atomic mass is 16.7. The summed E-state index contributed by atoms with van der Waals surface area (Å²) in [6.07, 6.45) is 25.2. The maximum atomic E-state index is 10.9. The lowest BCUT2D eigenvalue weighted by molar-refractivity contribution is -0.144. The van der Waals surface area contributed by atoms with Crippen LogP contribution in [0.4, 0.5) is 0 Å². The summed E-state index contributed by atoms with van der Waals surface area (Å²) in [7, 11) is 0. The standard InChI is InChI=1S/C21H37N3O2/c1-2-3-4-11-14-20(24-18-17-23-19-24)15-12-9-7-5-6-8-10-13-16-21(25)26-22/h9,12,17-20H,2-8,10-11,13-16,22H2,1H3/b12-9-/t20-/m0/s1. The molecular weight excluding hydrogens is 326 g/mol. The molecule has 26 heavy (non-hydrogen) atoms. The normalized spacial score (nSPS) is 12.5. The van der Waals surface area contributed by atoms with E-state index in [9.17, 15) is 4.79 Å². The molecule has 1 heterocycles. The molecule has 0 aliphatic carbocycles. The summed E-state index contributed by atoms with van der Waals surface area (Å²) >= 11 is 0. The lowest BCUT2D eigenvalue weighted by Crippen LogP contribution is -2.08. The summed E-state index contributed by atoms with van der Waals surface area (Å²) in [5.41, 5.74) is 0. The van der Waals surface area contributed by atoms with E-state index in [1.807, 2.05) is 12.5 Å². The lowest BCUT2D eigenvalue weighted by Gasteiger charge is -2.16. The molecule has 0 saturated carbocycles. The summed E-state index contributed by atoms with van der Waals surface area (Å²) in [5.74, 6) is 4.50. The number of carbonyl (C=O) groups excluding carboxylic acids is 1. The zero-order valence-corrected chi connectivity index (χ0v) is 16.4. The molecule has 2 N–H and O–H groups in total. The minimum Gasteiger partial charge on any atom is -0.373 e. The largest absolute Gasteiger partial charge is 0.373 e. The van der Waals surface area contributed by atoms with Gasteiger partial charge in [0.25, 0.3) is 0 Å². The Morgan fingerprint density at radius 3 is 2.62 bits per heavy atom. The van der Waals surface area contributed by atoms with Gasteiger partial charge in [0, 0.05) is 24.9 Å². The van der Waals surface area contributed by atoms with E-state index in [0.717, 1.165) is 25.7 Å². The minimum atomic E-state index is -0.310. The predicted molar refractivity (Wildman–Crippen MR) is 106 cm³/mol. The number of nitrogens with zero attached hydrogens (tertiary/aromatic N) is 2. The molecule has 0 aliphatic heterocycles. The molecule has 0 aromatic carbocycles. The van der Waals surface area contributed by atoms with Crippen molar-refractivity contribution in [2.75, 3.05) is 0 Å². The Morgan fingerprint density at radius 2 is 1.88 bits per heavy atom. The Labute approximate surface area is 159 Å². The van der Waals surface area contributed by atoms with Crippen LogP contribution in [0.25, 0.3) is 0 Å². The lowest BCUT2D eigenvalue weighted by atomic mass is 10.0. The average Bonchev–Trinajstić information content (AvgIpc) is 3.19. The molecule has 0 amide bonds. The van der Waals surface area contributed by atoms with Crippen LogP contribution in [0.1, 0.15) is 96.4 Å². The van der Waals surface area contributed by atoms with Crippen LogP contribution in [-0.2, 0) is 9.63 Å². The van der Waals surface area contributed by atoms with E-state index >= 15 is 0 Å². The third-order valence-corrected chi connectivity index (χ3v) is 4.80. The van der Waals surface area contributed by atoms with Crippen molar-refractivity contribution >= 4 is 5.97 Å². The highest BCUT2D eigenvalue weighted by Gasteiger charge is 2.08. The van der Waals surface area contributed by atoms with Gasteiger partial charge in [-0.05, 0) is 32.1 Å². The van der Waals surface area contributed by atoms with Crippen molar-refractivity contribution in [1.29, 1.82) is 0 Å². The van der Waals surface area contributed by atoms with Gasteiger partial charge in [-0.15, -0.1) is 0 Å². The Bertz CT molecular complexity index is 472. The average molecular weight is 364 g/mol. The number of hydrogen-bond donors (Lipinski definition) is 1. The van der Waals surface area contributed by atoms with Crippen molar-refractivity contribution in [2.24, 2.45) is 5.90 Å². The Hall–Kier alpha value is -1.62. The second kappa shape index (κ2) is 15.6. The molecule has 1 rings (SSSR count). The van der Waals surface area contributed by atoms with Crippen molar-refractivity contribution in [2.45, 2.75) is 96.4 Å². The maximum Gasteiger partial charge on any atom is 0.324 e. The fourth-order valence-electron chi connectivity index (χ4n) is 3.17. The smallest absolute Gasteiger partial charge is 0.324 e. The SMILES string of the molecule is CCCCCC[C@@H](C/C=C\CCCCCCCC(=O)ON)n1ccnc1. The van der Waals surface area contributed by atoms with Gasteiger partial charge < -0.3 is 9.40 Å². The van der Waals surface area contributed by atoms with Gasteiger partial charge in [0.1, 0.15) is 0 Å². The second-order valence-electron chi connectivity index (χ2n) is 7.02. The first-order valence-electron chi connectivity index (χ1n) is 10.3. The van der Waals surface area contributed by atoms with Gasteiger partial charge in [-0.3, -0.25) is 4.79 Å². The summed E-state index contributed by atoms with van der Waals surface area (Å²) in [5, 5.41) is 0. The van der Waals surface area contributed by atoms with E-state index in [2.05, 4.69) is 39.7 Å². The van der Waals surface area contributed by atoms with Crippen molar-refractivity contribution in [3.05, 3.63) is 30.9 Å². The minimum absolute atomic E-state index is 0.310. The molecule has 1 aromatic heterocycles. The van der Waals surface area contributed by atoms with Crippen LogP contribution in [-0.4, -0.2) is 15.5 Å². The highest BCUT2D eigenvalue weighted by molar-refractivity contribution is 5.68. The van der Waals surface area contributed by atoms with Crippen molar-refractivity contribution in [3.8, 4) is 0 Å². The molecule has 0 unspecified atom stereocenters. The first-order chi connectivity index (χ1) is 12.8. The van der Waals surface area contributed by atoms with E-state index in [4.69, 9.17) is 5.90 Å². The first-order valence-corrected chi connectivity index (χ1v) is 10.3. The van der Waals surface area contributed by atoms with E-state index in [1.165, 1.54) is 51.4 Å². The van der Waals surface area contributed by atoms with Crippen LogP contribution in [0.2, 0.25) is 0 Å². The summed E-state index contributed by atoms with van der Waals surface area (Å²) in [6.45, 7) is 2.25. The van der Waals surface area contributed by atoms with Crippen molar-refractivity contribution in [3.63, 3.8) is 0 Å².